The van der Waals surface area contributed by atoms with Gasteiger partial charge in [0.25, 0.3) is 0 Å². The van der Waals surface area contributed by atoms with E-state index < -0.39 is 0 Å². The number of hydrogen-bond acceptors (Lipinski definition) is 1. The van der Waals surface area contributed by atoms with Crippen LogP contribution in [0.3, 0.4) is 0 Å². The summed E-state index contributed by atoms with van der Waals surface area (Å²) in [5.74, 6) is 0. The number of thiocarbonyl (C=S) groups is 1. The average molecular weight is 353 g/mol. The predicted molar refractivity (Wildman–Crippen MR) is 101 cm³/mol. The van der Waals surface area contributed by atoms with Crippen molar-refractivity contribution in [1.82, 2.24) is 0 Å². The van der Waals surface area contributed by atoms with Crippen LogP contribution in [0.25, 0.3) is 0 Å². The zero-order chi connectivity index (χ0) is 16.1. The molecule has 22 heavy (non-hydrogen) atoms. The second-order valence-corrected chi connectivity index (χ2v) is 6.22. The maximum Gasteiger partial charge on any atom is 0.178 e. The van der Waals surface area contributed by atoms with E-state index in [1.54, 1.807) is 6.07 Å². The Bertz CT molecular complexity index is 646. The first-order chi connectivity index (χ1) is 10.5. The molecule has 2 rings (SSSR count). The van der Waals surface area contributed by atoms with E-state index in [4.69, 9.17) is 35.4 Å². The van der Waals surface area contributed by atoms with Crippen molar-refractivity contribution in [3.05, 3.63) is 58.6 Å². The summed E-state index contributed by atoms with van der Waals surface area (Å²) in [6.07, 6.45) is 0.955. The van der Waals surface area contributed by atoms with Gasteiger partial charge in [-0.05, 0) is 55.9 Å². The SMILES string of the molecule is CCC(C)N(C(=S)Nc1ccccc1)c1ccc(Cl)c(Cl)c1. The predicted octanol–water partition coefficient (Wildman–Crippen LogP) is 6.00. The Kier molecular flexibility index (Phi) is 6.07. The van der Waals surface area contributed by atoms with E-state index in [0.29, 0.717) is 15.2 Å². The van der Waals surface area contributed by atoms with Crippen LogP contribution in [0.5, 0.6) is 0 Å². The Morgan fingerprint density at radius 3 is 2.41 bits per heavy atom. The molecule has 0 spiro atoms. The standard InChI is InChI=1S/C17H18Cl2N2S/c1-3-12(2)21(14-9-10-15(18)16(19)11-14)17(22)20-13-7-5-4-6-8-13/h4-12H,3H2,1-2H3,(H,20,22). The Morgan fingerprint density at radius 2 is 1.82 bits per heavy atom. The van der Waals surface area contributed by atoms with E-state index in [0.717, 1.165) is 17.8 Å². The Hall–Kier alpha value is -1.29. The quantitative estimate of drug-likeness (QED) is 0.679. The van der Waals surface area contributed by atoms with Gasteiger partial charge < -0.3 is 10.2 Å². The molecule has 2 aromatic rings. The summed E-state index contributed by atoms with van der Waals surface area (Å²) in [5, 5.41) is 4.97. The van der Waals surface area contributed by atoms with Crippen LogP contribution in [0.4, 0.5) is 11.4 Å². The lowest BCUT2D eigenvalue weighted by Crippen LogP contribution is -2.41. The number of nitrogens with zero attached hydrogens (tertiary/aromatic N) is 1. The van der Waals surface area contributed by atoms with E-state index in [-0.39, 0.29) is 6.04 Å². The first kappa shape index (κ1) is 17.1. The van der Waals surface area contributed by atoms with Crippen molar-refractivity contribution in [2.24, 2.45) is 0 Å². The van der Waals surface area contributed by atoms with Gasteiger partial charge in [-0.15, -0.1) is 0 Å². The minimum atomic E-state index is 0.237. The summed E-state index contributed by atoms with van der Waals surface area (Å²) in [7, 11) is 0. The van der Waals surface area contributed by atoms with Gasteiger partial charge in [0.1, 0.15) is 0 Å². The van der Waals surface area contributed by atoms with Crippen molar-refractivity contribution in [2.45, 2.75) is 26.3 Å². The van der Waals surface area contributed by atoms with Crippen LogP contribution in [-0.2, 0) is 0 Å². The first-order valence-electron chi connectivity index (χ1n) is 7.13. The molecule has 1 N–H and O–H groups in total. The highest BCUT2D eigenvalue weighted by Gasteiger charge is 2.19. The van der Waals surface area contributed by atoms with E-state index in [2.05, 4.69) is 24.1 Å². The van der Waals surface area contributed by atoms with Crippen LogP contribution in [0, 0.1) is 0 Å². The lowest BCUT2D eigenvalue weighted by atomic mass is 10.2. The topological polar surface area (TPSA) is 15.3 Å². The van der Waals surface area contributed by atoms with Crippen molar-refractivity contribution < 1.29 is 0 Å². The molecule has 1 atom stereocenters. The fourth-order valence-corrected chi connectivity index (χ4v) is 2.79. The third-order valence-electron chi connectivity index (χ3n) is 3.46. The minimum absolute atomic E-state index is 0.237. The second kappa shape index (κ2) is 7.82. The third-order valence-corrected chi connectivity index (χ3v) is 4.49. The maximum atomic E-state index is 6.15. The number of nitrogens with one attached hydrogen (secondary N) is 1. The Balaban J connectivity index is 2.29. The van der Waals surface area contributed by atoms with Gasteiger partial charge in [-0.25, -0.2) is 0 Å². The first-order valence-corrected chi connectivity index (χ1v) is 8.29. The van der Waals surface area contributed by atoms with E-state index >= 15 is 0 Å². The molecule has 0 aliphatic rings. The van der Waals surface area contributed by atoms with Crippen molar-refractivity contribution in [3.63, 3.8) is 0 Å². The monoisotopic (exact) mass is 352 g/mol. The Labute approximate surface area is 147 Å². The number of hydrogen-bond donors (Lipinski definition) is 1. The summed E-state index contributed by atoms with van der Waals surface area (Å²) < 4.78 is 0. The van der Waals surface area contributed by atoms with Gasteiger partial charge >= 0.3 is 0 Å². The summed E-state index contributed by atoms with van der Waals surface area (Å²) in [6, 6.07) is 15.7. The van der Waals surface area contributed by atoms with E-state index in [9.17, 15) is 0 Å². The van der Waals surface area contributed by atoms with Gasteiger partial charge in [-0.1, -0.05) is 48.3 Å². The summed E-state index contributed by atoms with van der Waals surface area (Å²) in [6.45, 7) is 4.25. The largest absolute Gasteiger partial charge is 0.332 e. The van der Waals surface area contributed by atoms with E-state index in [1.807, 2.05) is 42.5 Å². The fourth-order valence-electron chi connectivity index (χ4n) is 2.09. The number of anilines is 2. The van der Waals surface area contributed by atoms with E-state index in [1.165, 1.54) is 0 Å². The zero-order valence-electron chi connectivity index (χ0n) is 12.5. The highest BCUT2D eigenvalue weighted by Crippen LogP contribution is 2.29. The fraction of sp³-hybridized carbons (Fsp3) is 0.235. The molecular formula is C17H18Cl2N2S. The molecule has 0 aromatic heterocycles. The number of rotatable bonds is 4. The van der Waals surface area contributed by atoms with Gasteiger partial charge in [-0.3, -0.25) is 0 Å². The molecule has 0 fully saturated rings. The molecule has 0 bridgehead atoms. The van der Waals surface area contributed by atoms with Crippen LogP contribution in [0.15, 0.2) is 48.5 Å². The zero-order valence-corrected chi connectivity index (χ0v) is 14.8. The number of para-hydroxylation sites is 1. The highest BCUT2D eigenvalue weighted by atomic mass is 35.5. The summed E-state index contributed by atoms with van der Waals surface area (Å²) in [5.41, 5.74) is 1.89. The molecule has 0 heterocycles. The number of halogens is 2. The molecule has 0 radical (unpaired) electrons. The molecular weight excluding hydrogens is 335 g/mol. The van der Waals surface area contributed by atoms with Crippen LogP contribution in [0.2, 0.25) is 10.0 Å². The molecule has 1 unspecified atom stereocenters. The van der Waals surface area contributed by atoms with Crippen LogP contribution >= 0.6 is 35.4 Å². The van der Waals surface area contributed by atoms with Gasteiger partial charge in [0.05, 0.1) is 10.0 Å². The van der Waals surface area contributed by atoms with Gasteiger partial charge in [-0.2, -0.15) is 0 Å². The molecule has 0 amide bonds. The van der Waals surface area contributed by atoms with Crippen molar-refractivity contribution in [2.75, 3.05) is 10.2 Å². The van der Waals surface area contributed by atoms with Crippen molar-refractivity contribution >= 4 is 51.9 Å². The van der Waals surface area contributed by atoms with Crippen LogP contribution < -0.4 is 10.2 Å². The highest BCUT2D eigenvalue weighted by molar-refractivity contribution is 7.80. The normalized spacial score (nSPS) is 11.8. The molecule has 0 saturated heterocycles. The third kappa shape index (κ3) is 4.13. The molecule has 2 nitrogen and oxygen atoms in total. The van der Waals surface area contributed by atoms with Crippen molar-refractivity contribution in [1.29, 1.82) is 0 Å². The molecule has 0 aliphatic heterocycles. The maximum absolute atomic E-state index is 6.15. The molecule has 116 valence electrons. The van der Waals surface area contributed by atoms with Gasteiger partial charge in [0, 0.05) is 17.4 Å². The summed E-state index contributed by atoms with van der Waals surface area (Å²) in [4.78, 5) is 2.06. The second-order valence-electron chi connectivity index (χ2n) is 5.02. The molecule has 0 aliphatic carbocycles. The van der Waals surface area contributed by atoms with Gasteiger partial charge in [0.15, 0.2) is 5.11 Å². The van der Waals surface area contributed by atoms with Gasteiger partial charge in [0.2, 0.25) is 0 Å². The molecule has 0 saturated carbocycles. The Morgan fingerprint density at radius 1 is 1.14 bits per heavy atom. The average Bonchev–Trinajstić information content (AvgIpc) is 2.51. The van der Waals surface area contributed by atoms with Crippen molar-refractivity contribution in [3.8, 4) is 0 Å². The minimum Gasteiger partial charge on any atom is -0.332 e. The van der Waals surface area contributed by atoms with Crippen LogP contribution in [-0.4, -0.2) is 11.2 Å². The molecule has 2 aromatic carbocycles. The lowest BCUT2D eigenvalue weighted by Gasteiger charge is -2.31. The van der Waals surface area contributed by atoms with Crippen LogP contribution in [0.1, 0.15) is 20.3 Å². The molecule has 5 heteroatoms. The smallest absolute Gasteiger partial charge is 0.178 e. The number of benzene rings is 2. The lowest BCUT2D eigenvalue weighted by molar-refractivity contribution is 0.703. The summed E-state index contributed by atoms with van der Waals surface area (Å²) >= 11 is 17.8.